The third kappa shape index (κ3) is 4.58. The second-order valence-corrected chi connectivity index (χ2v) is 7.57. The van der Waals surface area contributed by atoms with E-state index in [4.69, 9.17) is 0 Å². The second-order valence-electron chi connectivity index (χ2n) is 5.60. The van der Waals surface area contributed by atoms with Gasteiger partial charge in [0.25, 0.3) is 0 Å². The molecular formula is C15H22N4OS2. The third-order valence-electron chi connectivity index (χ3n) is 3.16. The molecule has 0 aliphatic carbocycles. The lowest BCUT2D eigenvalue weighted by Crippen LogP contribution is -2.43. The van der Waals surface area contributed by atoms with E-state index < -0.39 is 0 Å². The van der Waals surface area contributed by atoms with Gasteiger partial charge in [0, 0.05) is 23.4 Å². The van der Waals surface area contributed by atoms with Crippen molar-refractivity contribution in [3.05, 3.63) is 28.2 Å². The lowest BCUT2D eigenvalue weighted by molar-refractivity contribution is -0.131. The highest BCUT2D eigenvalue weighted by atomic mass is 32.2. The van der Waals surface area contributed by atoms with Crippen molar-refractivity contribution in [2.24, 2.45) is 0 Å². The molecule has 7 heteroatoms. The van der Waals surface area contributed by atoms with Crippen LogP contribution < -0.4 is 0 Å². The van der Waals surface area contributed by atoms with Crippen LogP contribution in [-0.2, 0) is 11.2 Å². The summed E-state index contributed by atoms with van der Waals surface area (Å²) in [7, 11) is 0. The van der Waals surface area contributed by atoms with Gasteiger partial charge in [0.05, 0.1) is 5.75 Å². The Hall–Kier alpha value is -1.34. The highest BCUT2D eigenvalue weighted by Crippen LogP contribution is 2.17. The molecule has 1 N–H and O–H groups in total. The van der Waals surface area contributed by atoms with Gasteiger partial charge in [-0.05, 0) is 39.1 Å². The fourth-order valence-electron chi connectivity index (χ4n) is 2.37. The van der Waals surface area contributed by atoms with Crippen LogP contribution >= 0.6 is 23.1 Å². The molecule has 120 valence electrons. The molecule has 0 saturated heterocycles. The van der Waals surface area contributed by atoms with Gasteiger partial charge in [-0.25, -0.2) is 4.98 Å². The summed E-state index contributed by atoms with van der Waals surface area (Å²) in [6, 6.07) is 4.51. The van der Waals surface area contributed by atoms with Crippen LogP contribution in [0.2, 0.25) is 0 Å². The number of hydrogen-bond donors (Lipinski definition) is 1. The highest BCUT2D eigenvalue weighted by Gasteiger charge is 2.20. The molecule has 5 nitrogen and oxygen atoms in total. The van der Waals surface area contributed by atoms with Crippen LogP contribution in [0, 0.1) is 0 Å². The molecule has 0 spiro atoms. The van der Waals surface area contributed by atoms with Crippen LogP contribution in [0.1, 0.15) is 38.4 Å². The molecular weight excluding hydrogens is 316 g/mol. The molecule has 1 amide bonds. The Morgan fingerprint density at radius 1 is 1.36 bits per heavy atom. The standard InChI is InChI=1S/C15H22N4OS2/c1-10(2)19(11(3)4)14(20)9-22-15-16-13(17-18-15)8-12-6-5-7-21-12/h5-7,10-11H,8-9H2,1-4H3,(H,16,17,18). The first-order valence-corrected chi connectivity index (χ1v) is 9.21. The summed E-state index contributed by atoms with van der Waals surface area (Å²) in [5, 5.41) is 9.80. The smallest absolute Gasteiger partial charge is 0.233 e. The topological polar surface area (TPSA) is 61.9 Å². The minimum atomic E-state index is 0.125. The maximum Gasteiger partial charge on any atom is 0.233 e. The quantitative estimate of drug-likeness (QED) is 0.788. The van der Waals surface area contributed by atoms with Gasteiger partial charge in [-0.1, -0.05) is 17.8 Å². The Balaban J connectivity index is 1.89. The van der Waals surface area contributed by atoms with Gasteiger partial charge in [0.1, 0.15) is 5.82 Å². The number of thiophene rings is 1. The predicted octanol–water partition coefficient (Wildman–Crippen LogP) is 3.19. The Labute approximate surface area is 139 Å². The SMILES string of the molecule is CC(C)N(C(=O)CSc1n[nH]c(Cc2cccs2)n1)C(C)C. The summed E-state index contributed by atoms with van der Waals surface area (Å²) in [6.07, 6.45) is 0.753. The van der Waals surface area contributed by atoms with Crippen LogP contribution in [0.5, 0.6) is 0 Å². The Morgan fingerprint density at radius 3 is 2.68 bits per heavy atom. The molecule has 0 bridgehead atoms. The van der Waals surface area contributed by atoms with Crippen molar-refractivity contribution in [3.8, 4) is 0 Å². The second kappa shape index (κ2) is 7.78. The fraction of sp³-hybridized carbons (Fsp3) is 0.533. The normalized spacial score (nSPS) is 11.4. The van der Waals surface area contributed by atoms with Crippen LogP contribution in [0.15, 0.2) is 22.7 Å². The zero-order chi connectivity index (χ0) is 16.1. The van der Waals surface area contributed by atoms with E-state index >= 15 is 0 Å². The van der Waals surface area contributed by atoms with E-state index in [1.54, 1.807) is 11.3 Å². The minimum absolute atomic E-state index is 0.125. The van der Waals surface area contributed by atoms with Crippen molar-refractivity contribution in [3.63, 3.8) is 0 Å². The van der Waals surface area contributed by atoms with Crippen molar-refractivity contribution in [2.45, 2.75) is 51.4 Å². The number of nitrogens with one attached hydrogen (secondary N) is 1. The monoisotopic (exact) mass is 338 g/mol. The first kappa shape index (κ1) is 17.0. The lowest BCUT2D eigenvalue weighted by atomic mass is 10.2. The van der Waals surface area contributed by atoms with E-state index in [1.807, 2.05) is 44.0 Å². The van der Waals surface area contributed by atoms with Gasteiger partial charge in [0.2, 0.25) is 11.1 Å². The highest BCUT2D eigenvalue weighted by molar-refractivity contribution is 7.99. The average molecular weight is 339 g/mol. The van der Waals surface area contributed by atoms with E-state index in [9.17, 15) is 4.79 Å². The number of amides is 1. The van der Waals surface area contributed by atoms with E-state index in [2.05, 4.69) is 21.2 Å². The summed E-state index contributed by atoms with van der Waals surface area (Å²) >= 11 is 3.08. The molecule has 2 aromatic rings. The number of nitrogens with zero attached hydrogens (tertiary/aromatic N) is 3. The first-order valence-electron chi connectivity index (χ1n) is 7.35. The van der Waals surface area contributed by atoms with Gasteiger partial charge in [0.15, 0.2) is 0 Å². The summed E-state index contributed by atoms with van der Waals surface area (Å²) in [4.78, 5) is 19.9. The van der Waals surface area contributed by atoms with Crippen molar-refractivity contribution in [1.29, 1.82) is 0 Å². The van der Waals surface area contributed by atoms with Crippen molar-refractivity contribution in [2.75, 3.05) is 5.75 Å². The fourth-order valence-corrected chi connectivity index (χ4v) is 3.77. The largest absolute Gasteiger partial charge is 0.337 e. The van der Waals surface area contributed by atoms with E-state index in [-0.39, 0.29) is 18.0 Å². The van der Waals surface area contributed by atoms with Crippen LogP contribution in [0.25, 0.3) is 0 Å². The maximum absolute atomic E-state index is 12.3. The zero-order valence-electron chi connectivity index (χ0n) is 13.4. The molecule has 0 unspecified atom stereocenters. The van der Waals surface area contributed by atoms with Gasteiger partial charge in [-0.2, -0.15) is 0 Å². The number of hydrogen-bond acceptors (Lipinski definition) is 5. The Bertz CT molecular complexity index is 584. The number of carbonyl (C=O) groups is 1. The van der Waals surface area contributed by atoms with E-state index in [0.717, 1.165) is 12.2 Å². The summed E-state index contributed by atoms with van der Waals surface area (Å²) in [5.41, 5.74) is 0. The molecule has 0 fully saturated rings. The van der Waals surface area contributed by atoms with Crippen LogP contribution in [0.3, 0.4) is 0 Å². The first-order chi connectivity index (χ1) is 10.5. The Kier molecular flexibility index (Phi) is 6.02. The van der Waals surface area contributed by atoms with Gasteiger partial charge in [-0.15, -0.1) is 16.4 Å². The van der Waals surface area contributed by atoms with Crippen molar-refractivity contribution >= 4 is 29.0 Å². The number of carbonyl (C=O) groups excluding carboxylic acids is 1. The summed E-state index contributed by atoms with van der Waals surface area (Å²) < 4.78 is 0. The molecule has 0 aliphatic rings. The third-order valence-corrected chi connectivity index (χ3v) is 4.87. The number of thioether (sulfide) groups is 1. The van der Waals surface area contributed by atoms with E-state index in [0.29, 0.717) is 10.9 Å². The summed E-state index contributed by atoms with van der Waals surface area (Å²) in [6.45, 7) is 8.14. The lowest BCUT2D eigenvalue weighted by Gasteiger charge is -2.30. The molecule has 0 saturated carbocycles. The van der Waals surface area contributed by atoms with Gasteiger partial charge >= 0.3 is 0 Å². The molecule has 0 aromatic carbocycles. The molecule has 22 heavy (non-hydrogen) atoms. The van der Waals surface area contributed by atoms with Crippen LogP contribution in [0.4, 0.5) is 0 Å². The molecule has 0 aliphatic heterocycles. The molecule has 0 radical (unpaired) electrons. The molecule has 2 heterocycles. The maximum atomic E-state index is 12.3. The van der Waals surface area contributed by atoms with E-state index in [1.165, 1.54) is 16.6 Å². The van der Waals surface area contributed by atoms with Gasteiger partial charge < -0.3 is 4.90 Å². The minimum Gasteiger partial charge on any atom is -0.337 e. The molecule has 2 aromatic heterocycles. The van der Waals surface area contributed by atoms with Gasteiger partial charge in [-0.3, -0.25) is 9.89 Å². The number of aromatic nitrogens is 3. The Morgan fingerprint density at radius 2 is 2.09 bits per heavy atom. The predicted molar refractivity (Wildman–Crippen MR) is 91.3 cm³/mol. The molecule has 2 rings (SSSR count). The average Bonchev–Trinajstić information content (AvgIpc) is 3.08. The van der Waals surface area contributed by atoms with Crippen molar-refractivity contribution < 1.29 is 4.79 Å². The molecule has 0 atom stereocenters. The van der Waals surface area contributed by atoms with Crippen LogP contribution in [-0.4, -0.2) is 43.8 Å². The number of aromatic amines is 1. The summed E-state index contributed by atoms with van der Waals surface area (Å²) in [5.74, 6) is 1.33. The number of rotatable bonds is 7. The van der Waals surface area contributed by atoms with Crippen molar-refractivity contribution in [1.82, 2.24) is 20.1 Å². The number of H-pyrrole nitrogens is 1. The zero-order valence-corrected chi connectivity index (χ0v) is 15.0.